The quantitative estimate of drug-likeness (QED) is 0.207. The topological polar surface area (TPSA) is 40.6 Å². The fourth-order valence-corrected chi connectivity index (χ4v) is 3.88. The molecule has 0 radical (unpaired) electrons. The lowest BCUT2D eigenvalue weighted by Crippen LogP contribution is -2.17. The Balaban J connectivity index is 2.11. The molecule has 36 heavy (non-hydrogen) atoms. The highest BCUT2D eigenvalue weighted by atomic mass is 16.1. The summed E-state index contributed by atoms with van der Waals surface area (Å²) in [6, 6.07) is 23.1. The molecule has 4 nitrogen and oxygen atoms in total. The van der Waals surface area contributed by atoms with Crippen LogP contribution in [0, 0.1) is 0 Å². The summed E-state index contributed by atoms with van der Waals surface area (Å²) in [5.74, 6) is 0. The number of anilines is 4. The molecule has 0 aromatic heterocycles. The van der Waals surface area contributed by atoms with Gasteiger partial charge < -0.3 is 9.80 Å². The molecule has 0 N–H and O–H groups in total. The minimum atomic E-state index is 0.619. The molecule has 4 heteroatoms. The van der Waals surface area contributed by atoms with Crippen LogP contribution in [0.2, 0.25) is 0 Å². The van der Waals surface area contributed by atoms with E-state index in [9.17, 15) is 9.59 Å². The van der Waals surface area contributed by atoms with E-state index in [-0.39, 0.29) is 0 Å². The van der Waals surface area contributed by atoms with Crippen molar-refractivity contribution in [3.05, 3.63) is 145 Å². The van der Waals surface area contributed by atoms with Crippen molar-refractivity contribution in [2.45, 2.75) is 13.8 Å². The lowest BCUT2D eigenvalue weighted by Gasteiger charge is -2.29. The largest absolute Gasteiger partial charge is 0.311 e. The van der Waals surface area contributed by atoms with Gasteiger partial charge in [-0.2, -0.15) is 0 Å². The maximum atomic E-state index is 11.2. The van der Waals surface area contributed by atoms with Crippen LogP contribution in [-0.2, 0) is 0 Å². The van der Waals surface area contributed by atoms with Crippen LogP contribution in [0.25, 0.3) is 0 Å². The molecule has 0 heterocycles. The third kappa shape index (κ3) is 5.86. The minimum absolute atomic E-state index is 0.619. The van der Waals surface area contributed by atoms with Gasteiger partial charge in [0.1, 0.15) is 12.6 Å². The third-order valence-electron chi connectivity index (χ3n) is 5.59. The number of nitrogens with zero attached hydrogens (tertiary/aromatic N) is 2. The van der Waals surface area contributed by atoms with Gasteiger partial charge in [0.05, 0.1) is 0 Å². The number of aldehydes is 2. The fourth-order valence-electron chi connectivity index (χ4n) is 3.88. The van der Waals surface area contributed by atoms with Gasteiger partial charge in [0.15, 0.2) is 0 Å². The smallest absolute Gasteiger partial charge is 0.150 e. The lowest BCUT2D eigenvalue weighted by atomic mass is 10.1. The van der Waals surface area contributed by atoms with E-state index in [1.165, 1.54) is 0 Å². The normalized spacial score (nSPS) is 11.7. The molecule has 3 rings (SSSR count). The van der Waals surface area contributed by atoms with E-state index >= 15 is 0 Å². The van der Waals surface area contributed by atoms with Crippen molar-refractivity contribution in [1.82, 2.24) is 0 Å². The molecule has 0 atom stereocenters. The van der Waals surface area contributed by atoms with Crippen molar-refractivity contribution in [1.29, 1.82) is 0 Å². The van der Waals surface area contributed by atoms with E-state index in [1.54, 1.807) is 36.4 Å². The summed E-state index contributed by atoms with van der Waals surface area (Å²) in [6.07, 6.45) is 13.2. The van der Waals surface area contributed by atoms with E-state index in [0.29, 0.717) is 11.1 Å². The van der Waals surface area contributed by atoms with Crippen LogP contribution in [0.3, 0.4) is 0 Å². The van der Waals surface area contributed by atoms with Gasteiger partial charge >= 0.3 is 0 Å². The first-order chi connectivity index (χ1) is 17.6. The van der Waals surface area contributed by atoms with Crippen molar-refractivity contribution in [2.75, 3.05) is 9.80 Å². The van der Waals surface area contributed by atoms with E-state index in [2.05, 4.69) is 23.0 Å². The van der Waals surface area contributed by atoms with Crippen LogP contribution in [0.1, 0.15) is 34.6 Å². The van der Waals surface area contributed by atoms with Gasteiger partial charge in [-0.05, 0) is 105 Å². The molecule has 0 fully saturated rings. The summed E-state index contributed by atoms with van der Waals surface area (Å²) >= 11 is 0. The lowest BCUT2D eigenvalue weighted by molar-refractivity contribution is 0.111. The molecule has 0 unspecified atom stereocenters. The molecule has 0 saturated carbocycles. The fraction of sp³-hybridized carbons (Fsp3) is 0.0625. The van der Waals surface area contributed by atoms with Gasteiger partial charge in [0, 0.05) is 45.3 Å². The second kappa shape index (κ2) is 12.7. The second-order valence-electron chi connectivity index (χ2n) is 7.85. The number of rotatable bonds is 11. The summed E-state index contributed by atoms with van der Waals surface area (Å²) in [6.45, 7) is 11.8. The maximum Gasteiger partial charge on any atom is 0.150 e. The molecule has 0 saturated heterocycles. The summed E-state index contributed by atoms with van der Waals surface area (Å²) < 4.78 is 0. The molecular weight excluding hydrogens is 444 g/mol. The highest BCUT2D eigenvalue weighted by Gasteiger charge is 2.16. The molecule has 3 aromatic carbocycles. The average Bonchev–Trinajstić information content (AvgIpc) is 2.93. The Labute approximate surface area is 213 Å². The van der Waals surface area contributed by atoms with Crippen molar-refractivity contribution in [3.63, 3.8) is 0 Å². The molecule has 3 aromatic rings. The summed E-state index contributed by atoms with van der Waals surface area (Å²) in [5.41, 5.74) is 6.82. The number of carbonyl (C=O) groups excluding carboxylic acids is 2. The molecule has 0 aliphatic rings. The number of hydrogen-bond acceptors (Lipinski definition) is 4. The molecule has 0 amide bonds. The molecule has 0 aliphatic heterocycles. The first-order valence-corrected chi connectivity index (χ1v) is 11.6. The zero-order valence-electron chi connectivity index (χ0n) is 20.7. The molecule has 0 aliphatic carbocycles. The highest BCUT2D eigenvalue weighted by Crippen LogP contribution is 2.35. The van der Waals surface area contributed by atoms with Crippen LogP contribution in [0.4, 0.5) is 22.7 Å². The van der Waals surface area contributed by atoms with Crippen LogP contribution >= 0.6 is 0 Å². The standard InChI is InChI=1S/C32H30N2O2/c1-5-9-28(10-6-2)34(30-17-13-26(24-36)14-18-30)32-21-19-31(20-22-32)33(27(7-3)8-4)29-15-11-25(23-35)12-16-29/h5-24H,1,3H2,2,4H3/b10-6-,27-8+,28-9+. The van der Waals surface area contributed by atoms with E-state index in [1.807, 2.05) is 86.7 Å². The predicted octanol–water partition coefficient (Wildman–Crippen LogP) is 8.32. The van der Waals surface area contributed by atoms with Gasteiger partial charge in [-0.15, -0.1) is 0 Å². The zero-order chi connectivity index (χ0) is 25.9. The highest BCUT2D eigenvalue weighted by molar-refractivity contribution is 5.80. The van der Waals surface area contributed by atoms with Crippen molar-refractivity contribution in [3.8, 4) is 0 Å². The van der Waals surface area contributed by atoms with Gasteiger partial charge in [-0.1, -0.05) is 31.4 Å². The Bertz CT molecular complexity index is 1300. The predicted molar refractivity (Wildman–Crippen MR) is 151 cm³/mol. The number of hydrogen-bond donors (Lipinski definition) is 0. The van der Waals surface area contributed by atoms with Gasteiger partial charge in [0.2, 0.25) is 0 Å². The van der Waals surface area contributed by atoms with Gasteiger partial charge in [0.25, 0.3) is 0 Å². The van der Waals surface area contributed by atoms with Crippen LogP contribution < -0.4 is 9.80 Å². The van der Waals surface area contributed by atoms with Crippen LogP contribution in [0.5, 0.6) is 0 Å². The zero-order valence-corrected chi connectivity index (χ0v) is 20.7. The molecule has 180 valence electrons. The van der Waals surface area contributed by atoms with Crippen LogP contribution in [0.15, 0.2) is 134 Å². The number of benzene rings is 3. The van der Waals surface area contributed by atoms with Crippen molar-refractivity contribution in [2.24, 2.45) is 0 Å². The van der Waals surface area contributed by atoms with E-state index < -0.39 is 0 Å². The number of carbonyl (C=O) groups is 2. The van der Waals surface area contributed by atoms with Crippen molar-refractivity contribution < 1.29 is 9.59 Å². The monoisotopic (exact) mass is 474 g/mol. The molecule has 0 spiro atoms. The second-order valence-corrected chi connectivity index (χ2v) is 7.85. The SMILES string of the molecule is C=C/C=C(\C=C/C)N(c1ccc(C=O)cc1)c1ccc(N(/C(C=C)=C/C)c2ccc(C=O)cc2)cc1. The average molecular weight is 475 g/mol. The van der Waals surface area contributed by atoms with Crippen LogP contribution in [-0.4, -0.2) is 12.6 Å². The molecule has 0 bridgehead atoms. The first-order valence-electron chi connectivity index (χ1n) is 11.6. The minimum Gasteiger partial charge on any atom is -0.311 e. The Morgan fingerprint density at radius 1 is 0.639 bits per heavy atom. The van der Waals surface area contributed by atoms with Gasteiger partial charge in [-0.25, -0.2) is 0 Å². The Hall–Kier alpha value is -4.70. The Kier molecular flexibility index (Phi) is 9.12. The first kappa shape index (κ1) is 25.9. The third-order valence-corrected chi connectivity index (χ3v) is 5.59. The summed E-state index contributed by atoms with van der Waals surface area (Å²) in [5, 5.41) is 0. The molecular formula is C32H30N2O2. The Morgan fingerprint density at radius 3 is 1.33 bits per heavy atom. The summed E-state index contributed by atoms with van der Waals surface area (Å²) in [4.78, 5) is 26.5. The van der Waals surface area contributed by atoms with Crippen molar-refractivity contribution >= 4 is 35.3 Å². The maximum absolute atomic E-state index is 11.2. The van der Waals surface area contributed by atoms with Gasteiger partial charge in [-0.3, -0.25) is 9.59 Å². The summed E-state index contributed by atoms with van der Waals surface area (Å²) in [7, 11) is 0. The Morgan fingerprint density at radius 2 is 1.03 bits per heavy atom. The van der Waals surface area contributed by atoms with E-state index in [0.717, 1.165) is 46.7 Å². The van der Waals surface area contributed by atoms with E-state index in [4.69, 9.17) is 0 Å². The number of allylic oxidation sites excluding steroid dienone is 6.